The first-order valence-corrected chi connectivity index (χ1v) is 6.22. The number of aromatic nitrogens is 2. The van der Waals surface area contributed by atoms with Gasteiger partial charge in [-0.2, -0.15) is 5.10 Å². The maximum atomic E-state index is 8.91. The average Bonchev–Trinajstić information content (AvgIpc) is 2.94. The van der Waals surface area contributed by atoms with E-state index in [2.05, 4.69) is 5.10 Å². The average molecular weight is 221 g/mol. The van der Waals surface area contributed by atoms with E-state index in [1.165, 1.54) is 25.7 Å². The van der Waals surface area contributed by atoms with E-state index in [1.807, 2.05) is 6.07 Å². The normalized spacial score (nSPS) is 32.4. The van der Waals surface area contributed by atoms with Gasteiger partial charge in [-0.15, -0.1) is 0 Å². The molecule has 2 bridgehead atoms. The largest absolute Gasteiger partial charge is 0.394 e. The SMILES string of the molecule is Nc1cc(C2CC3CCC2C3)nn1CCO. The molecule has 2 aliphatic carbocycles. The van der Waals surface area contributed by atoms with Crippen molar-refractivity contribution in [1.82, 2.24) is 9.78 Å². The van der Waals surface area contributed by atoms with Gasteiger partial charge >= 0.3 is 0 Å². The fourth-order valence-corrected chi connectivity index (χ4v) is 3.51. The molecule has 3 unspecified atom stereocenters. The van der Waals surface area contributed by atoms with E-state index < -0.39 is 0 Å². The quantitative estimate of drug-likeness (QED) is 0.810. The topological polar surface area (TPSA) is 64.1 Å². The molecule has 0 aliphatic heterocycles. The van der Waals surface area contributed by atoms with Crippen molar-refractivity contribution in [3.8, 4) is 0 Å². The highest BCUT2D eigenvalue weighted by Crippen LogP contribution is 2.52. The van der Waals surface area contributed by atoms with Crippen molar-refractivity contribution < 1.29 is 5.11 Å². The van der Waals surface area contributed by atoms with Crippen molar-refractivity contribution in [2.45, 2.75) is 38.1 Å². The van der Waals surface area contributed by atoms with E-state index in [0.29, 0.717) is 18.3 Å². The van der Waals surface area contributed by atoms with E-state index in [-0.39, 0.29) is 6.61 Å². The molecule has 4 nitrogen and oxygen atoms in total. The second kappa shape index (κ2) is 3.77. The van der Waals surface area contributed by atoms with Crippen LogP contribution in [0.2, 0.25) is 0 Å². The summed E-state index contributed by atoms with van der Waals surface area (Å²) in [7, 11) is 0. The molecule has 2 saturated carbocycles. The van der Waals surface area contributed by atoms with Gasteiger partial charge in [-0.3, -0.25) is 0 Å². The Morgan fingerprint density at radius 1 is 1.44 bits per heavy atom. The fraction of sp³-hybridized carbons (Fsp3) is 0.750. The summed E-state index contributed by atoms with van der Waals surface area (Å²) >= 11 is 0. The van der Waals surface area contributed by atoms with Crippen LogP contribution in [0, 0.1) is 11.8 Å². The molecule has 1 aromatic rings. The zero-order valence-electron chi connectivity index (χ0n) is 9.47. The maximum Gasteiger partial charge on any atom is 0.122 e. The summed E-state index contributed by atoms with van der Waals surface area (Å²) < 4.78 is 1.72. The lowest BCUT2D eigenvalue weighted by atomic mass is 9.86. The predicted molar refractivity (Wildman–Crippen MR) is 61.9 cm³/mol. The van der Waals surface area contributed by atoms with E-state index in [1.54, 1.807) is 4.68 Å². The molecule has 3 N–H and O–H groups in total. The highest BCUT2D eigenvalue weighted by molar-refractivity contribution is 5.33. The molecular formula is C12H19N3O. The Balaban J connectivity index is 1.82. The van der Waals surface area contributed by atoms with Gasteiger partial charge in [0.2, 0.25) is 0 Å². The lowest BCUT2D eigenvalue weighted by molar-refractivity contribution is 0.269. The first-order valence-electron chi connectivity index (χ1n) is 6.22. The molecule has 3 rings (SSSR count). The Hall–Kier alpha value is -1.03. The monoisotopic (exact) mass is 221 g/mol. The number of aliphatic hydroxyl groups is 1. The van der Waals surface area contributed by atoms with Gasteiger partial charge in [0.25, 0.3) is 0 Å². The minimum atomic E-state index is 0.0992. The second-order valence-electron chi connectivity index (χ2n) is 5.22. The van der Waals surface area contributed by atoms with Crippen LogP contribution in [0.15, 0.2) is 6.07 Å². The molecule has 0 aromatic carbocycles. The van der Waals surface area contributed by atoms with Crippen LogP contribution >= 0.6 is 0 Å². The summed E-state index contributed by atoms with van der Waals surface area (Å²) in [6, 6.07) is 2.00. The van der Waals surface area contributed by atoms with Gasteiger partial charge < -0.3 is 10.8 Å². The zero-order chi connectivity index (χ0) is 11.1. The van der Waals surface area contributed by atoms with E-state index in [0.717, 1.165) is 17.5 Å². The second-order valence-corrected chi connectivity index (χ2v) is 5.22. The van der Waals surface area contributed by atoms with Gasteiger partial charge in [0.1, 0.15) is 5.82 Å². The number of nitrogen functional groups attached to an aromatic ring is 1. The van der Waals surface area contributed by atoms with Gasteiger partial charge in [0.05, 0.1) is 18.8 Å². The highest BCUT2D eigenvalue weighted by atomic mass is 16.3. The van der Waals surface area contributed by atoms with Crippen LogP contribution < -0.4 is 5.73 Å². The highest BCUT2D eigenvalue weighted by Gasteiger charge is 2.41. The van der Waals surface area contributed by atoms with Gasteiger partial charge in [-0.25, -0.2) is 4.68 Å². The number of rotatable bonds is 3. The molecule has 3 atom stereocenters. The molecule has 0 saturated heterocycles. The Labute approximate surface area is 95.4 Å². The van der Waals surface area contributed by atoms with E-state index >= 15 is 0 Å². The summed E-state index contributed by atoms with van der Waals surface area (Å²) in [6.45, 7) is 0.606. The molecular weight excluding hydrogens is 202 g/mol. The Morgan fingerprint density at radius 3 is 2.94 bits per heavy atom. The number of fused-ring (bicyclic) bond motifs is 2. The molecule has 0 radical (unpaired) electrons. The maximum absolute atomic E-state index is 8.91. The summed E-state index contributed by atoms with van der Waals surface area (Å²) in [6.07, 6.45) is 5.45. The fourth-order valence-electron chi connectivity index (χ4n) is 3.51. The number of hydrogen-bond donors (Lipinski definition) is 2. The molecule has 2 aliphatic rings. The zero-order valence-corrected chi connectivity index (χ0v) is 9.47. The van der Waals surface area contributed by atoms with Crippen molar-refractivity contribution >= 4 is 5.82 Å². The number of hydrogen-bond acceptors (Lipinski definition) is 3. The third-order valence-electron chi connectivity index (χ3n) is 4.26. The molecule has 1 heterocycles. The molecule has 88 valence electrons. The van der Waals surface area contributed by atoms with Crippen molar-refractivity contribution in [2.75, 3.05) is 12.3 Å². The van der Waals surface area contributed by atoms with Crippen molar-refractivity contribution in [1.29, 1.82) is 0 Å². The minimum absolute atomic E-state index is 0.0992. The molecule has 2 fully saturated rings. The van der Waals surface area contributed by atoms with Crippen LogP contribution in [0.25, 0.3) is 0 Å². The van der Waals surface area contributed by atoms with Crippen LogP contribution in [-0.4, -0.2) is 21.5 Å². The van der Waals surface area contributed by atoms with Crippen molar-refractivity contribution in [3.05, 3.63) is 11.8 Å². The smallest absolute Gasteiger partial charge is 0.122 e. The number of nitrogens with zero attached hydrogens (tertiary/aromatic N) is 2. The number of anilines is 1. The third kappa shape index (κ3) is 1.52. The van der Waals surface area contributed by atoms with Crippen LogP contribution in [0.5, 0.6) is 0 Å². The third-order valence-corrected chi connectivity index (χ3v) is 4.26. The Morgan fingerprint density at radius 2 is 2.31 bits per heavy atom. The Kier molecular flexibility index (Phi) is 2.39. The summed E-state index contributed by atoms with van der Waals surface area (Å²) in [4.78, 5) is 0. The first kappa shape index (κ1) is 10.1. The predicted octanol–water partition coefficient (Wildman–Crippen LogP) is 1.36. The van der Waals surface area contributed by atoms with E-state index in [9.17, 15) is 0 Å². The summed E-state index contributed by atoms with van der Waals surface area (Å²) in [5.41, 5.74) is 7.03. The van der Waals surface area contributed by atoms with Crippen molar-refractivity contribution in [2.24, 2.45) is 11.8 Å². The van der Waals surface area contributed by atoms with Crippen LogP contribution in [-0.2, 0) is 6.54 Å². The van der Waals surface area contributed by atoms with Gasteiger partial charge in [0, 0.05) is 12.0 Å². The summed E-state index contributed by atoms with van der Waals surface area (Å²) in [5.74, 6) is 3.08. The van der Waals surface area contributed by atoms with Crippen LogP contribution in [0.4, 0.5) is 5.82 Å². The van der Waals surface area contributed by atoms with Gasteiger partial charge in [-0.1, -0.05) is 6.42 Å². The first-order chi connectivity index (χ1) is 7.78. The standard InChI is InChI=1S/C12H19N3O/c13-12-7-11(14-15(12)3-4-16)10-6-8-1-2-9(10)5-8/h7-10,16H,1-6,13H2. The minimum Gasteiger partial charge on any atom is -0.394 e. The summed E-state index contributed by atoms with van der Waals surface area (Å²) in [5, 5.41) is 13.4. The molecule has 1 aromatic heterocycles. The number of nitrogens with two attached hydrogens (primary N) is 1. The van der Waals surface area contributed by atoms with Gasteiger partial charge in [0.15, 0.2) is 0 Å². The van der Waals surface area contributed by atoms with Crippen LogP contribution in [0.1, 0.15) is 37.3 Å². The molecule has 4 heteroatoms. The molecule has 0 spiro atoms. The lowest BCUT2D eigenvalue weighted by Crippen LogP contribution is -2.11. The van der Waals surface area contributed by atoms with Crippen LogP contribution in [0.3, 0.4) is 0 Å². The molecule has 16 heavy (non-hydrogen) atoms. The lowest BCUT2D eigenvalue weighted by Gasteiger charge is -2.19. The van der Waals surface area contributed by atoms with E-state index in [4.69, 9.17) is 10.8 Å². The van der Waals surface area contributed by atoms with Crippen molar-refractivity contribution in [3.63, 3.8) is 0 Å². The van der Waals surface area contributed by atoms with Gasteiger partial charge in [-0.05, 0) is 31.1 Å². The number of aliphatic hydroxyl groups excluding tert-OH is 1. The Bertz CT molecular complexity index is 388. The molecule has 0 amide bonds.